The lowest BCUT2D eigenvalue weighted by Gasteiger charge is -2.21. The Bertz CT molecular complexity index is 353. The van der Waals surface area contributed by atoms with Crippen molar-refractivity contribution in [1.29, 1.82) is 0 Å². The van der Waals surface area contributed by atoms with E-state index in [9.17, 15) is 0 Å². The van der Waals surface area contributed by atoms with Gasteiger partial charge in [0.15, 0.2) is 0 Å². The molecule has 0 bridgehead atoms. The summed E-state index contributed by atoms with van der Waals surface area (Å²) >= 11 is 5.83. The number of nitrogens with zero attached hydrogens (tertiary/aromatic N) is 1. The fraction of sp³-hybridized carbons (Fsp3) is 0.643. The Balaban J connectivity index is 1.55. The Hall–Kier alpha value is -0.800. The number of hydrogen-bond donors (Lipinski definition) is 1. The Morgan fingerprint density at radius 3 is 2.89 bits per heavy atom. The molecule has 1 aliphatic carbocycles. The minimum Gasteiger partial charge on any atom is -0.491 e. The molecule has 1 aromatic rings. The number of pyridine rings is 1. The molecule has 0 spiro atoms. The highest BCUT2D eigenvalue weighted by atomic mass is 35.5. The lowest BCUT2D eigenvalue weighted by Crippen LogP contribution is -2.28. The van der Waals surface area contributed by atoms with E-state index in [0.717, 1.165) is 24.8 Å². The summed E-state index contributed by atoms with van der Waals surface area (Å²) in [6.45, 7) is 2.66. The van der Waals surface area contributed by atoms with Crippen LogP contribution in [0.2, 0.25) is 5.02 Å². The van der Waals surface area contributed by atoms with E-state index in [0.29, 0.717) is 11.6 Å². The molecule has 3 nitrogen and oxygen atoms in total. The van der Waals surface area contributed by atoms with Crippen LogP contribution in [-0.4, -0.2) is 24.7 Å². The highest BCUT2D eigenvalue weighted by Gasteiger charge is 2.12. The third-order valence-corrected chi connectivity index (χ3v) is 3.59. The molecule has 0 atom stereocenters. The van der Waals surface area contributed by atoms with E-state index >= 15 is 0 Å². The van der Waals surface area contributed by atoms with Crippen LogP contribution in [0.1, 0.15) is 32.1 Å². The zero-order chi connectivity index (χ0) is 12.6. The summed E-state index contributed by atoms with van der Waals surface area (Å²) in [4.78, 5) is 3.98. The molecular weight excluding hydrogens is 248 g/mol. The number of rotatable bonds is 6. The standard InChI is InChI=1S/C14H21ClN2O/c15-13-8-14(11-17-10-13)18-7-6-16-9-12-4-2-1-3-5-12/h8,10-12,16H,1-7,9H2. The first-order valence-electron chi connectivity index (χ1n) is 6.78. The predicted octanol–water partition coefficient (Wildman–Crippen LogP) is 3.28. The molecule has 0 unspecified atom stereocenters. The molecule has 1 N–H and O–H groups in total. The summed E-state index contributed by atoms with van der Waals surface area (Å²) < 4.78 is 5.57. The van der Waals surface area contributed by atoms with E-state index < -0.39 is 0 Å². The van der Waals surface area contributed by atoms with Crippen molar-refractivity contribution in [2.24, 2.45) is 5.92 Å². The number of halogens is 1. The monoisotopic (exact) mass is 268 g/mol. The second kappa shape index (κ2) is 7.59. The molecule has 0 amide bonds. The van der Waals surface area contributed by atoms with Gasteiger partial charge in [0.25, 0.3) is 0 Å². The van der Waals surface area contributed by atoms with Gasteiger partial charge in [-0.15, -0.1) is 0 Å². The average molecular weight is 269 g/mol. The van der Waals surface area contributed by atoms with Crippen molar-refractivity contribution in [3.05, 3.63) is 23.5 Å². The van der Waals surface area contributed by atoms with Gasteiger partial charge in [0.2, 0.25) is 0 Å². The molecule has 1 saturated carbocycles. The number of aromatic nitrogens is 1. The van der Waals surface area contributed by atoms with Crippen LogP contribution < -0.4 is 10.1 Å². The quantitative estimate of drug-likeness (QED) is 0.804. The number of hydrogen-bond acceptors (Lipinski definition) is 3. The molecule has 1 aliphatic rings. The lowest BCUT2D eigenvalue weighted by atomic mass is 9.89. The summed E-state index contributed by atoms with van der Waals surface area (Å²) in [6.07, 6.45) is 10.3. The molecule has 4 heteroatoms. The number of ether oxygens (including phenoxy) is 1. The van der Waals surface area contributed by atoms with Gasteiger partial charge in [0, 0.05) is 18.8 Å². The fourth-order valence-corrected chi connectivity index (χ4v) is 2.57. The minimum absolute atomic E-state index is 0.614. The average Bonchev–Trinajstić information content (AvgIpc) is 2.40. The molecule has 1 aromatic heterocycles. The molecular formula is C14H21ClN2O. The van der Waals surface area contributed by atoms with E-state index in [2.05, 4.69) is 10.3 Å². The van der Waals surface area contributed by atoms with Gasteiger partial charge in [0.05, 0.1) is 11.2 Å². The lowest BCUT2D eigenvalue weighted by molar-refractivity contribution is 0.294. The van der Waals surface area contributed by atoms with Crippen LogP contribution in [0.3, 0.4) is 0 Å². The van der Waals surface area contributed by atoms with Crippen LogP contribution in [0.4, 0.5) is 0 Å². The summed E-state index contributed by atoms with van der Waals surface area (Å²) in [6, 6.07) is 1.79. The maximum Gasteiger partial charge on any atom is 0.139 e. The van der Waals surface area contributed by atoms with Gasteiger partial charge >= 0.3 is 0 Å². The first-order valence-corrected chi connectivity index (χ1v) is 7.16. The van der Waals surface area contributed by atoms with Gasteiger partial charge in [-0.25, -0.2) is 0 Å². The summed E-state index contributed by atoms with van der Waals surface area (Å²) in [5, 5.41) is 4.08. The fourth-order valence-electron chi connectivity index (χ4n) is 2.41. The molecule has 0 aromatic carbocycles. The second-order valence-corrected chi connectivity index (χ2v) is 5.33. The van der Waals surface area contributed by atoms with Crippen LogP contribution >= 0.6 is 11.6 Å². The highest BCUT2D eigenvalue weighted by Crippen LogP contribution is 2.22. The van der Waals surface area contributed by atoms with Crippen molar-refractivity contribution >= 4 is 11.6 Å². The summed E-state index contributed by atoms with van der Waals surface area (Å²) in [5.41, 5.74) is 0. The molecule has 0 radical (unpaired) electrons. The Morgan fingerprint density at radius 2 is 2.11 bits per heavy atom. The van der Waals surface area contributed by atoms with Crippen molar-refractivity contribution in [2.45, 2.75) is 32.1 Å². The number of nitrogens with one attached hydrogen (secondary N) is 1. The smallest absolute Gasteiger partial charge is 0.139 e. The van der Waals surface area contributed by atoms with Crippen LogP contribution in [-0.2, 0) is 0 Å². The first-order chi connectivity index (χ1) is 8.84. The maximum absolute atomic E-state index is 5.83. The minimum atomic E-state index is 0.614. The largest absolute Gasteiger partial charge is 0.491 e. The zero-order valence-electron chi connectivity index (χ0n) is 10.7. The van der Waals surface area contributed by atoms with Gasteiger partial charge in [0.1, 0.15) is 12.4 Å². The van der Waals surface area contributed by atoms with E-state index in [1.54, 1.807) is 18.5 Å². The molecule has 0 saturated heterocycles. The van der Waals surface area contributed by atoms with Crippen molar-refractivity contribution in [2.75, 3.05) is 19.7 Å². The van der Waals surface area contributed by atoms with Crippen LogP contribution in [0.25, 0.3) is 0 Å². The highest BCUT2D eigenvalue weighted by molar-refractivity contribution is 6.30. The van der Waals surface area contributed by atoms with Crippen LogP contribution in [0, 0.1) is 5.92 Å². The van der Waals surface area contributed by atoms with E-state index in [-0.39, 0.29) is 0 Å². The summed E-state index contributed by atoms with van der Waals surface area (Å²) in [7, 11) is 0. The van der Waals surface area contributed by atoms with Crippen molar-refractivity contribution in [3.63, 3.8) is 0 Å². The van der Waals surface area contributed by atoms with Gasteiger partial charge < -0.3 is 10.1 Å². The molecule has 100 valence electrons. The molecule has 1 heterocycles. The third-order valence-electron chi connectivity index (χ3n) is 3.39. The third kappa shape index (κ3) is 4.83. The normalized spacial score (nSPS) is 16.7. The van der Waals surface area contributed by atoms with Crippen molar-refractivity contribution < 1.29 is 4.74 Å². The topological polar surface area (TPSA) is 34.1 Å². The second-order valence-electron chi connectivity index (χ2n) is 4.90. The van der Waals surface area contributed by atoms with Gasteiger partial charge in [-0.05, 0) is 25.3 Å². The summed E-state index contributed by atoms with van der Waals surface area (Å²) in [5.74, 6) is 1.61. The molecule has 0 aliphatic heterocycles. The van der Waals surface area contributed by atoms with E-state index in [1.165, 1.54) is 32.1 Å². The van der Waals surface area contributed by atoms with E-state index in [1.807, 2.05) is 0 Å². The SMILES string of the molecule is Clc1cncc(OCCNCC2CCCCC2)c1. The molecule has 2 rings (SSSR count). The van der Waals surface area contributed by atoms with Crippen LogP contribution in [0.5, 0.6) is 5.75 Å². The van der Waals surface area contributed by atoms with Gasteiger partial charge in [-0.1, -0.05) is 30.9 Å². The van der Waals surface area contributed by atoms with Gasteiger partial charge in [-0.3, -0.25) is 4.98 Å². The Kier molecular flexibility index (Phi) is 5.75. The molecule has 1 fully saturated rings. The zero-order valence-corrected chi connectivity index (χ0v) is 11.5. The van der Waals surface area contributed by atoms with Crippen molar-refractivity contribution in [3.8, 4) is 5.75 Å². The predicted molar refractivity (Wildman–Crippen MR) is 74.2 cm³/mol. The first kappa shape index (κ1) is 13.6. The molecule has 18 heavy (non-hydrogen) atoms. The van der Waals surface area contributed by atoms with Gasteiger partial charge in [-0.2, -0.15) is 0 Å². The van der Waals surface area contributed by atoms with Crippen molar-refractivity contribution in [1.82, 2.24) is 10.3 Å². The maximum atomic E-state index is 5.83. The Morgan fingerprint density at radius 1 is 1.28 bits per heavy atom. The van der Waals surface area contributed by atoms with Crippen LogP contribution in [0.15, 0.2) is 18.5 Å². The van der Waals surface area contributed by atoms with E-state index in [4.69, 9.17) is 16.3 Å². The Labute approximate surface area is 114 Å².